The molecular formula is C9H7BrF3NO2. The van der Waals surface area contributed by atoms with E-state index >= 15 is 0 Å². The fraction of sp³-hybridized carbons (Fsp3) is 0.333. The number of methoxy groups -OCH3 is 1. The zero-order valence-corrected chi connectivity index (χ0v) is 9.72. The van der Waals surface area contributed by atoms with Gasteiger partial charge in [-0.2, -0.15) is 4.39 Å². The topological polar surface area (TPSA) is 39.2 Å². The molecule has 0 N–H and O–H groups in total. The Hall–Kier alpha value is -1.11. The van der Waals surface area contributed by atoms with Crippen LogP contribution in [0, 0.1) is 5.95 Å². The second kappa shape index (κ2) is 5.29. The number of alkyl halides is 2. The molecule has 3 nitrogen and oxygen atoms in total. The second-order valence-corrected chi connectivity index (χ2v) is 3.71. The summed E-state index contributed by atoms with van der Waals surface area (Å²) in [6.07, 6.45) is -3.22. The molecule has 1 rings (SSSR count). The first-order valence-corrected chi connectivity index (χ1v) is 4.94. The lowest BCUT2D eigenvalue weighted by Crippen LogP contribution is -2.09. The van der Waals surface area contributed by atoms with Crippen LogP contribution < -0.4 is 0 Å². The van der Waals surface area contributed by atoms with Crippen LogP contribution in [0.15, 0.2) is 10.5 Å². The molecule has 0 aliphatic rings. The maximum Gasteiger partial charge on any atom is 0.310 e. The molecular weight excluding hydrogens is 291 g/mol. The van der Waals surface area contributed by atoms with Crippen LogP contribution in [0.5, 0.6) is 0 Å². The third kappa shape index (κ3) is 2.94. The molecule has 0 spiro atoms. The first-order chi connectivity index (χ1) is 7.45. The predicted molar refractivity (Wildman–Crippen MR) is 52.6 cm³/mol. The van der Waals surface area contributed by atoms with Gasteiger partial charge in [0.25, 0.3) is 6.43 Å². The number of hydrogen-bond acceptors (Lipinski definition) is 3. The van der Waals surface area contributed by atoms with Gasteiger partial charge in [0.1, 0.15) is 5.69 Å². The summed E-state index contributed by atoms with van der Waals surface area (Å²) < 4.78 is 42.2. The van der Waals surface area contributed by atoms with E-state index in [4.69, 9.17) is 0 Å². The third-order valence-corrected chi connectivity index (χ3v) is 2.52. The summed E-state index contributed by atoms with van der Waals surface area (Å²) in [6.45, 7) is 0. The van der Waals surface area contributed by atoms with Gasteiger partial charge in [-0.1, -0.05) is 15.9 Å². The fourth-order valence-electron chi connectivity index (χ4n) is 1.01. The van der Waals surface area contributed by atoms with Crippen molar-refractivity contribution in [3.63, 3.8) is 0 Å². The molecule has 7 heteroatoms. The summed E-state index contributed by atoms with van der Waals surface area (Å²) in [6, 6.07) is 0.978. The quantitative estimate of drug-likeness (QED) is 0.636. The summed E-state index contributed by atoms with van der Waals surface area (Å²) >= 11 is 2.90. The van der Waals surface area contributed by atoms with Crippen LogP contribution in [0.4, 0.5) is 13.2 Å². The average Bonchev–Trinajstić information content (AvgIpc) is 2.22. The van der Waals surface area contributed by atoms with Crippen LogP contribution in [-0.4, -0.2) is 18.1 Å². The highest BCUT2D eigenvalue weighted by Crippen LogP contribution is 2.25. The number of ether oxygens (including phenoxy) is 1. The van der Waals surface area contributed by atoms with Crippen LogP contribution in [0.3, 0.4) is 0 Å². The first kappa shape index (κ1) is 13.0. The van der Waals surface area contributed by atoms with Crippen LogP contribution in [0.2, 0.25) is 0 Å². The summed E-state index contributed by atoms with van der Waals surface area (Å²) in [5, 5.41) is 0. The number of aromatic nitrogens is 1. The molecule has 0 bridgehead atoms. The molecule has 1 heterocycles. The molecule has 16 heavy (non-hydrogen) atoms. The van der Waals surface area contributed by atoms with Crippen LogP contribution >= 0.6 is 15.9 Å². The molecule has 0 aliphatic heterocycles. The van der Waals surface area contributed by atoms with Crippen LogP contribution in [0.1, 0.15) is 17.7 Å². The Morgan fingerprint density at radius 2 is 2.25 bits per heavy atom. The van der Waals surface area contributed by atoms with E-state index in [0.29, 0.717) is 0 Å². The lowest BCUT2D eigenvalue weighted by Gasteiger charge is -2.06. The van der Waals surface area contributed by atoms with E-state index in [1.807, 2.05) is 0 Å². The molecule has 0 atom stereocenters. The van der Waals surface area contributed by atoms with Gasteiger partial charge in [-0.3, -0.25) is 4.79 Å². The Balaban J connectivity index is 3.07. The van der Waals surface area contributed by atoms with Crippen LogP contribution in [-0.2, 0) is 16.0 Å². The average molecular weight is 298 g/mol. The van der Waals surface area contributed by atoms with Gasteiger partial charge in [-0.15, -0.1) is 0 Å². The smallest absolute Gasteiger partial charge is 0.310 e. The number of nitrogens with zero attached hydrogens (tertiary/aromatic N) is 1. The minimum absolute atomic E-state index is 0.0701. The van der Waals surface area contributed by atoms with E-state index in [2.05, 4.69) is 25.7 Å². The van der Waals surface area contributed by atoms with Crippen molar-refractivity contribution in [3.05, 3.63) is 27.7 Å². The number of carbonyl (C=O) groups excluding carboxylic acids is 1. The summed E-state index contributed by atoms with van der Waals surface area (Å²) in [7, 11) is 1.15. The van der Waals surface area contributed by atoms with Gasteiger partial charge in [0.15, 0.2) is 0 Å². The Morgan fingerprint density at radius 1 is 1.62 bits per heavy atom. The molecule has 88 valence electrons. The molecule has 1 aromatic heterocycles. The van der Waals surface area contributed by atoms with Gasteiger partial charge in [0.05, 0.1) is 13.5 Å². The van der Waals surface area contributed by atoms with Crippen molar-refractivity contribution in [2.45, 2.75) is 12.8 Å². The number of esters is 1. The van der Waals surface area contributed by atoms with Crippen molar-refractivity contribution in [2.75, 3.05) is 7.11 Å². The van der Waals surface area contributed by atoms with Gasteiger partial charge in [-0.25, -0.2) is 13.8 Å². The number of halogens is 4. The zero-order valence-electron chi connectivity index (χ0n) is 8.14. The van der Waals surface area contributed by atoms with Gasteiger partial charge >= 0.3 is 5.97 Å². The van der Waals surface area contributed by atoms with Gasteiger partial charge in [0.2, 0.25) is 5.95 Å². The van der Waals surface area contributed by atoms with E-state index < -0.39 is 24.0 Å². The minimum Gasteiger partial charge on any atom is -0.469 e. The summed E-state index contributed by atoms with van der Waals surface area (Å²) in [5.41, 5.74) is -0.783. The first-order valence-electron chi connectivity index (χ1n) is 4.15. The van der Waals surface area contributed by atoms with Crippen molar-refractivity contribution in [2.24, 2.45) is 0 Å². The van der Waals surface area contributed by atoms with Gasteiger partial charge < -0.3 is 4.74 Å². The SMILES string of the molecule is COC(=O)Cc1c(Br)cc(C(F)F)nc1F. The summed E-state index contributed by atoms with van der Waals surface area (Å²) in [4.78, 5) is 14.0. The molecule has 0 saturated carbocycles. The molecule has 0 fully saturated rings. The molecule has 0 unspecified atom stereocenters. The predicted octanol–water partition coefficient (Wildman–Crippen LogP) is 2.64. The Bertz CT molecular complexity index is 389. The Labute approximate surface area is 97.8 Å². The lowest BCUT2D eigenvalue weighted by molar-refractivity contribution is -0.139. The number of pyridine rings is 1. The summed E-state index contributed by atoms with van der Waals surface area (Å²) in [5.74, 6) is -1.78. The molecule has 0 aromatic carbocycles. The molecule has 0 amide bonds. The van der Waals surface area contributed by atoms with Crippen molar-refractivity contribution < 1.29 is 22.7 Å². The fourth-order valence-corrected chi connectivity index (χ4v) is 1.55. The largest absolute Gasteiger partial charge is 0.469 e. The number of carbonyl (C=O) groups is 1. The zero-order chi connectivity index (χ0) is 12.3. The molecule has 0 aliphatic carbocycles. The van der Waals surface area contributed by atoms with Gasteiger partial charge in [-0.05, 0) is 6.07 Å². The standard InChI is InChI=1S/C9H7BrF3NO2/c1-16-7(15)2-4-5(10)3-6(8(11)12)14-9(4)13/h3,8H,2H2,1H3. The lowest BCUT2D eigenvalue weighted by atomic mass is 10.2. The van der Waals surface area contributed by atoms with Gasteiger partial charge in [0, 0.05) is 10.0 Å². The van der Waals surface area contributed by atoms with E-state index in [1.54, 1.807) is 0 Å². The normalized spacial score (nSPS) is 10.6. The van der Waals surface area contributed by atoms with E-state index in [-0.39, 0.29) is 16.5 Å². The maximum absolute atomic E-state index is 13.3. The third-order valence-electron chi connectivity index (χ3n) is 1.81. The van der Waals surface area contributed by atoms with Crippen molar-refractivity contribution >= 4 is 21.9 Å². The van der Waals surface area contributed by atoms with Crippen LogP contribution in [0.25, 0.3) is 0 Å². The van der Waals surface area contributed by atoms with E-state index in [9.17, 15) is 18.0 Å². The second-order valence-electron chi connectivity index (χ2n) is 2.85. The molecule has 0 saturated heterocycles. The highest BCUT2D eigenvalue weighted by molar-refractivity contribution is 9.10. The number of hydrogen-bond donors (Lipinski definition) is 0. The monoisotopic (exact) mass is 297 g/mol. The van der Waals surface area contributed by atoms with E-state index in [0.717, 1.165) is 13.2 Å². The Morgan fingerprint density at radius 3 is 2.69 bits per heavy atom. The Kier molecular flexibility index (Phi) is 4.28. The minimum atomic E-state index is -2.86. The van der Waals surface area contributed by atoms with Crippen molar-refractivity contribution in [1.82, 2.24) is 4.98 Å². The van der Waals surface area contributed by atoms with Crippen molar-refractivity contribution in [3.8, 4) is 0 Å². The van der Waals surface area contributed by atoms with E-state index in [1.165, 1.54) is 0 Å². The van der Waals surface area contributed by atoms with Crippen molar-refractivity contribution in [1.29, 1.82) is 0 Å². The highest BCUT2D eigenvalue weighted by atomic mass is 79.9. The molecule has 0 radical (unpaired) electrons. The maximum atomic E-state index is 13.3. The number of rotatable bonds is 3. The highest BCUT2D eigenvalue weighted by Gasteiger charge is 2.18. The molecule has 1 aromatic rings.